The van der Waals surface area contributed by atoms with Gasteiger partial charge in [-0.15, -0.1) is 0 Å². The Morgan fingerprint density at radius 1 is 1.33 bits per heavy atom. The first-order valence-electron chi connectivity index (χ1n) is 6.89. The smallest absolute Gasteiger partial charge is 0.316 e. The van der Waals surface area contributed by atoms with E-state index in [4.69, 9.17) is 5.11 Å². The lowest BCUT2D eigenvalue weighted by molar-refractivity contribution is -0.147. The molecule has 1 aliphatic rings. The number of amides is 1. The molecule has 0 heterocycles. The lowest BCUT2D eigenvalue weighted by Crippen LogP contribution is -2.42. The third-order valence-corrected chi connectivity index (χ3v) is 4.20. The highest BCUT2D eigenvalue weighted by molar-refractivity contribution is 5.96. The predicted octanol–water partition coefficient (Wildman–Crippen LogP) is 2.43. The van der Waals surface area contributed by atoms with Gasteiger partial charge in [-0.05, 0) is 30.6 Å². The zero-order chi connectivity index (χ0) is 13.8. The van der Waals surface area contributed by atoms with Gasteiger partial charge in [-0.2, -0.15) is 0 Å². The highest BCUT2D eigenvalue weighted by Crippen LogP contribution is 2.39. The van der Waals surface area contributed by atoms with E-state index >= 15 is 0 Å². The largest absolute Gasteiger partial charge is 0.481 e. The molecule has 2 N–H and O–H groups in total. The van der Waals surface area contributed by atoms with Gasteiger partial charge in [0, 0.05) is 6.54 Å². The van der Waals surface area contributed by atoms with Crippen molar-refractivity contribution in [3.8, 4) is 0 Å². The van der Waals surface area contributed by atoms with E-state index in [1.165, 1.54) is 25.7 Å². The Morgan fingerprint density at radius 3 is 2.33 bits per heavy atom. The van der Waals surface area contributed by atoms with Crippen molar-refractivity contribution in [3.63, 3.8) is 0 Å². The number of carbonyl (C=O) groups is 2. The van der Waals surface area contributed by atoms with Gasteiger partial charge in [0.2, 0.25) is 5.91 Å². The Hall–Kier alpha value is -1.06. The van der Waals surface area contributed by atoms with Gasteiger partial charge in [0.05, 0.1) is 0 Å². The van der Waals surface area contributed by atoms with E-state index in [0.29, 0.717) is 18.9 Å². The molecule has 0 saturated heterocycles. The van der Waals surface area contributed by atoms with E-state index in [-0.39, 0.29) is 11.3 Å². The van der Waals surface area contributed by atoms with Crippen molar-refractivity contribution >= 4 is 11.9 Å². The third kappa shape index (κ3) is 3.72. The zero-order valence-electron chi connectivity index (χ0n) is 11.7. The number of hydrogen-bond acceptors (Lipinski definition) is 2. The first-order chi connectivity index (χ1) is 8.38. The number of carboxylic acid groups (broad SMARTS) is 1. The fraction of sp³-hybridized carbons (Fsp3) is 0.857. The minimum atomic E-state index is -1.03. The fourth-order valence-corrected chi connectivity index (χ4v) is 2.76. The van der Waals surface area contributed by atoms with Crippen LogP contribution in [0.15, 0.2) is 0 Å². The van der Waals surface area contributed by atoms with Crippen LogP contribution >= 0.6 is 0 Å². The first-order valence-corrected chi connectivity index (χ1v) is 6.89. The van der Waals surface area contributed by atoms with E-state index in [1.807, 2.05) is 0 Å². The number of nitrogens with one attached hydrogen (secondary N) is 1. The van der Waals surface area contributed by atoms with Crippen LogP contribution in [0.3, 0.4) is 0 Å². The second kappa shape index (κ2) is 6.21. The number of carboxylic acids is 1. The minimum Gasteiger partial charge on any atom is -0.481 e. The van der Waals surface area contributed by atoms with Crippen molar-refractivity contribution in [3.05, 3.63) is 0 Å². The highest BCUT2D eigenvalue weighted by Gasteiger charge is 2.33. The monoisotopic (exact) mass is 255 g/mol. The molecule has 0 aromatic carbocycles. The molecular formula is C14H25NO3. The van der Waals surface area contributed by atoms with Crippen LogP contribution in [-0.4, -0.2) is 23.5 Å². The molecule has 0 spiro atoms. The Bertz CT molecular complexity index is 306. The molecule has 1 fully saturated rings. The third-order valence-electron chi connectivity index (χ3n) is 4.20. The Labute approximate surface area is 109 Å². The van der Waals surface area contributed by atoms with Crippen molar-refractivity contribution in [2.75, 3.05) is 6.54 Å². The molecule has 4 heteroatoms. The van der Waals surface area contributed by atoms with Gasteiger partial charge >= 0.3 is 5.97 Å². The van der Waals surface area contributed by atoms with Crippen LogP contribution in [0.25, 0.3) is 0 Å². The summed E-state index contributed by atoms with van der Waals surface area (Å²) in [5.41, 5.74) is 0.0585. The minimum absolute atomic E-state index is 0.0585. The fourth-order valence-electron chi connectivity index (χ4n) is 2.76. The van der Waals surface area contributed by atoms with Gasteiger partial charge in [0.15, 0.2) is 0 Å². The average molecular weight is 255 g/mol. The zero-order valence-corrected chi connectivity index (χ0v) is 11.7. The van der Waals surface area contributed by atoms with Crippen LogP contribution in [-0.2, 0) is 9.59 Å². The van der Waals surface area contributed by atoms with E-state index in [9.17, 15) is 9.59 Å². The number of carbonyl (C=O) groups excluding carboxylic acids is 1. The predicted molar refractivity (Wildman–Crippen MR) is 70.2 cm³/mol. The summed E-state index contributed by atoms with van der Waals surface area (Å²) in [7, 11) is 0. The molecule has 1 unspecified atom stereocenters. The Morgan fingerprint density at radius 2 is 1.89 bits per heavy atom. The molecule has 104 valence electrons. The number of rotatable bonds is 6. The highest BCUT2D eigenvalue weighted by atomic mass is 16.4. The van der Waals surface area contributed by atoms with Crippen molar-refractivity contribution in [1.29, 1.82) is 0 Å². The van der Waals surface area contributed by atoms with Crippen LogP contribution in [0.2, 0.25) is 0 Å². The van der Waals surface area contributed by atoms with Gasteiger partial charge in [0.25, 0.3) is 0 Å². The second-order valence-electron chi connectivity index (χ2n) is 5.99. The van der Waals surface area contributed by atoms with Crippen LogP contribution in [0.5, 0.6) is 0 Å². The van der Waals surface area contributed by atoms with Crippen molar-refractivity contribution < 1.29 is 14.7 Å². The maximum atomic E-state index is 11.8. The van der Waals surface area contributed by atoms with E-state index in [1.54, 1.807) is 6.92 Å². The quantitative estimate of drug-likeness (QED) is 0.716. The summed E-state index contributed by atoms with van der Waals surface area (Å²) in [6.45, 7) is 6.61. The lowest BCUT2D eigenvalue weighted by Gasteiger charge is -2.32. The molecule has 0 aliphatic heterocycles. The SMILES string of the molecule is CCC(C(=O)O)C(=O)NCC(C)(C)C1CCCC1. The molecule has 0 aromatic rings. The summed E-state index contributed by atoms with van der Waals surface area (Å²) in [5, 5.41) is 11.7. The molecule has 4 nitrogen and oxygen atoms in total. The van der Waals surface area contributed by atoms with Gasteiger partial charge in [-0.3, -0.25) is 9.59 Å². The van der Waals surface area contributed by atoms with Crippen LogP contribution in [0.4, 0.5) is 0 Å². The summed E-state index contributed by atoms with van der Waals surface area (Å²) in [4.78, 5) is 22.7. The molecule has 0 bridgehead atoms. The lowest BCUT2D eigenvalue weighted by atomic mass is 9.77. The molecule has 0 radical (unpaired) electrons. The van der Waals surface area contributed by atoms with E-state index in [0.717, 1.165) is 0 Å². The number of hydrogen-bond donors (Lipinski definition) is 2. The summed E-state index contributed by atoms with van der Waals surface area (Å²) in [6, 6.07) is 0. The summed E-state index contributed by atoms with van der Waals surface area (Å²) in [5.74, 6) is -1.66. The van der Waals surface area contributed by atoms with Crippen LogP contribution < -0.4 is 5.32 Å². The molecule has 18 heavy (non-hydrogen) atoms. The Balaban J connectivity index is 2.48. The van der Waals surface area contributed by atoms with Crippen LogP contribution in [0.1, 0.15) is 52.9 Å². The average Bonchev–Trinajstić information content (AvgIpc) is 2.81. The molecule has 0 aromatic heterocycles. The van der Waals surface area contributed by atoms with E-state index in [2.05, 4.69) is 19.2 Å². The molecular weight excluding hydrogens is 230 g/mol. The molecule has 1 saturated carbocycles. The van der Waals surface area contributed by atoms with Gasteiger partial charge in [-0.25, -0.2) is 0 Å². The standard InChI is InChI=1S/C14H25NO3/c1-4-11(13(17)18)12(16)15-9-14(2,3)10-7-5-6-8-10/h10-11H,4-9H2,1-3H3,(H,15,16)(H,17,18). The summed E-state index contributed by atoms with van der Waals surface area (Å²) < 4.78 is 0. The molecule has 1 atom stereocenters. The van der Waals surface area contributed by atoms with Gasteiger partial charge < -0.3 is 10.4 Å². The maximum Gasteiger partial charge on any atom is 0.316 e. The van der Waals surface area contributed by atoms with Gasteiger partial charge in [0.1, 0.15) is 5.92 Å². The van der Waals surface area contributed by atoms with E-state index < -0.39 is 11.9 Å². The molecule has 1 rings (SSSR count). The second-order valence-corrected chi connectivity index (χ2v) is 5.99. The van der Waals surface area contributed by atoms with Crippen molar-refractivity contribution in [2.24, 2.45) is 17.3 Å². The summed E-state index contributed by atoms with van der Waals surface area (Å²) in [6.07, 6.45) is 5.33. The maximum absolute atomic E-state index is 11.8. The first kappa shape index (κ1) is 15.0. The number of aliphatic carboxylic acids is 1. The molecule has 1 amide bonds. The topological polar surface area (TPSA) is 66.4 Å². The van der Waals surface area contributed by atoms with Gasteiger partial charge in [-0.1, -0.05) is 33.6 Å². The Kier molecular flexibility index (Phi) is 5.17. The molecule has 1 aliphatic carbocycles. The van der Waals surface area contributed by atoms with Crippen molar-refractivity contribution in [2.45, 2.75) is 52.9 Å². The van der Waals surface area contributed by atoms with Crippen molar-refractivity contribution in [1.82, 2.24) is 5.32 Å². The summed E-state index contributed by atoms with van der Waals surface area (Å²) >= 11 is 0. The van der Waals surface area contributed by atoms with Crippen LogP contribution in [0, 0.1) is 17.3 Å². The normalized spacial score (nSPS) is 18.6.